The Kier molecular flexibility index (Phi) is 6.43. The molecule has 2 saturated heterocycles. The van der Waals surface area contributed by atoms with E-state index >= 15 is 0 Å². The molecule has 2 fully saturated rings. The molecule has 2 aliphatic rings. The lowest BCUT2D eigenvalue weighted by molar-refractivity contribution is -0.126. The molecule has 2 heterocycles. The van der Waals surface area contributed by atoms with Gasteiger partial charge in [-0.1, -0.05) is 48.5 Å². The molecule has 0 aliphatic carbocycles. The fourth-order valence-corrected chi connectivity index (χ4v) is 3.83. The predicted molar refractivity (Wildman–Crippen MR) is 118 cm³/mol. The van der Waals surface area contributed by atoms with Crippen molar-refractivity contribution < 1.29 is 14.4 Å². The Bertz CT molecular complexity index is 953. The number of nitrogens with one attached hydrogen (secondary N) is 1. The maximum atomic E-state index is 12.7. The van der Waals surface area contributed by atoms with Crippen LogP contribution in [0.25, 0.3) is 6.08 Å². The molecule has 4 amide bonds. The first-order valence-corrected chi connectivity index (χ1v) is 10.5. The molecule has 160 valence electrons. The molecule has 2 aliphatic heterocycles. The molecular weight excluding hydrogens is 392 g/mol. The van der Waals surface area contributed by atoms with Crippen LogP contribution < -0.4 is 5.32 Å². The van der Waals surface area contributed by atoms with Gasteiger partial charge in [0.25, 0.3) is 11.8 Å². The van der Waals surface area contributed by atoms with Crippen molar-refractivity contribution in [3.8, 4) is 0 Å². The standard InChI is InChI=1S/C24H26N4O3/c29-22-17-27(16-11-19-7-3-1-4-8-19)24(31)28(22)18-26-14-12-21(13-15-26)25-23(30)20-9-5-2-6-10-20/h1-11,16,21H,12-15,17-18H2,(H,25,30). The third kappa shape index (κ3) is 5.19. The molecule has 0 spiro atoms. The molecule has 0 bridgehead atoms. The van der Waals surface area contributed by atoms with E-state index in [1.54, 1.807) is 18.3 Å². The quantitative estimate of drug-likeness (QED) is 0.733. The fourth-order valence-electron chi connectivity index (χ4n) is 3.83. The smallest absolute Gasteiger partial charge is 0.332 e. The number of rotatable bonds is 6. The average Bonchev–Trinajstić information content (AvgIpc) is 3.07. The summed E-state index contributed by atoms with van der Waals surface area (Å²) in [4.78, 5) is 42.2. The highest BCUT2D eigenvalue weighted by Gasteiger charge is 2.36. The Balaban J connectivity index is 1.26. The van der Waals surface area contributed by atoms with E-state index < -0.39 is 0 Å². The Morgan fingerprint density at radius 2 is 1.61 bits per heavy atom. The van der Waals surface area contributed by atoms with Crippen LogP contribution in [0.3, 0.4) is 0 Å². The summed E-state index contributed by atoms with van der Waals surface area (Å²) in [6.07, 6.45) is 5.06. The molecule has 7 heteroatoms. The minimum absolute atomic E-state index is 0.0613. The second-order valence-corrected chi connectivity index (χ2v) is 7.83. The average molecular weight is 418 g/mol. The van der Waals surface area contributed by atoms with E-state index in [0.29, 0.717) is 5.56 Å². The van der Waals surface area contributed by atoms with Crippen molar-refractivity contribution in [2.75, 3.05) is 26.3 Å². The number of benzene rings is 2. The normalized spacial score (nSPS) is 18.2. The van der Waals surface area contributed by atoms with Gasteiger partial charge in [-0.05, 0) is 36.6 Å². The topological polar surface area (TPSA) is 73.0 Å². The van der Waals surface area contributed by atoms with Crippen LogP contribution in [0.2, 0.25) is 0 Å². The van der Waals surface area contributed by atoms with Gasteiger partial charge in [0, 0.05) is 30.9 Å². The molecule has 0 atom stereocenters. The highest BCUT2D eigenvalue weighted by Crippen LogP contribution is 2.17. The molecular formula is C24H26N4O3. The third-order valence-corrected chi connectivity index (χ3v) is 5.63. The second-order valence-electron chi connectivity index (χ2n) is 7.83. The second kappa shape index (κ2) is 9.57. The van der Waals surface area contributed by atoms with E-state index in [2.05, 4.69) is 10.2 Å². The van der Waals surface area contributed by atoms with Gasteiger partial charge in [-0.3, -0.25) is 19.4 Å². The van der Waals surface area contributed by atoms with Crippen LogP contribution in [0.5, 0.6) is 0 Å². The molecule has 0 radical (unpaired) electrons. The van der Waals surface area contributed by atoms with Crippen molar-refractivity contribution in [1.82, 2.24) is 20.0 Å². The number of imide groups is 1. The first kappa shape index (κ1) is 20.8. The first-order chi connectivity index (χ1) is 15.1. The third-order valence-electron chi connectivity index (χ3n) is 5.63. The van der Waals surface area contributed by atoms with Crippen molar-refractivity contribution in [2.45, 2.75) is 18.9 Å². The van der Waals surface area contributed by atoms with Gasteiger partial charge in [0.05, 0.1) is 6.67 Å². The van der Waals surface area contributed by atoms with Crippen LogP contribution >= 0.6 is 0 Å². The Morgan fingerprint density at radius 3 is 2.29 bits per heavy atom. The molecule has 4 rings (SSSR count). The van der Waals surface area contributed by atoms with Crippen LogP contribution in [0, 0.1) is 0 Å². The molecule has 2 aromatic carbocycles. The summed E-state index contributed by atoms with van der Waals surface area (Å²) in [6, 6.07) is 18.6. The van der Waals surface area contributed by atoms with Crippen molar-refractivity contribution in [3.05, 3.63) is 78.0 Å². The Labute approximate surface area is 181 Å². The zero-order chi connectivity index (χ0) is 21.6. The molecule has 0 unspecified atom stereocenters. The molecule has 2 aromatic rings. The van der Waals surface area contributed by atoms with Gasteiger partial charge in [-0.2, -0.15) is 0 Å². The summed E-state index contributed by atoms with van der Waals surface area (Å²) >= 11 is 0. The van der Waals surface area contributed by atoms with Crippen LogP contribution in [0.1, 0.15) is 28.8 Å². The van der Waals surface area contributed by atoms with Crippen molar-refractivity contribution >= 4 is 23.9 Å². The van der Waals surface area contributed by atoms with Gasteiger partial charge < -0.3 is 5.32 Å². The highest BCUT2D eigenvalue weighted by molar-refractivity contribution is 6.02. The first-order valence-electron chi connectivity index (χ1n) is 10.5. The SMILES string of the molecule is O=C(NC1CCN(CN2C(=O)CN(C=Cc3ccccc3)C2=O)CC1)c1ccccc1. The summed E-state index contributed by atoms with van der Waals surface area (Å²) in [7, 11) is 0. The number of piperidine rings is 1. The van der Waals surface area contributed by atoms with Gasteiger partial charge >= 0.3 is 6.03 Å². The summed E-state index contributed by atoms with van der Waals surface area (Å²) in [5.74, 6) is -0.257. The van der Waals surface area contributed by atoms with Crippen LogP contribution in [-0.4, -0.2) is 64.9 Å². The number of urea groups is 1. The number of hydrogen-bond acceptors (Lipinski definition) is 4. The maximum Gasteiger partial charge on any atom is 0.332 e. The largest absolute Gasteiger partial charge is 0.349 e. The van der Waals surface area contributed by atoms with Crippen LogP contribution in [-0.2, 0) is 4.79 Å². The fraction of sp³-hybridized carbons (Fsp3) is 0.292. The minimum Gasteiger partial charge on any atom is -0.349 e. The van der Waals surface area contributed by atoms with Crippen LogP contribution in [0.15, 0.2) is 66.9 Å². The molecule has 7 nitrogen and oxygen atoms in total. The number of carbonyl (C=O) groups is 3. The summed E-state index contributed by atoms with van der Waals surface area (Å²) in [5, 5.41) is 3.08. The van der Waals surface area contributed by atoms with E-state index in [4.69, 9.17) is 0 Å². The van der Waals surface area contributed by atoms with E-state index in [9.17, 15) is 14.4 Å². The molecule has 1 N–H and O–H groups in total. The van der Waals surface area contributed by atoms with Crippen molar-refractivity contribution in [2.24, 2.45) is 0 Å². The molecule has 0 saturated carbocycles. The number of carbonyl (C=O) groups excluding carboxylic acids is 3. The predicted octanol–water partition coefficient (Wildman–Crippen LogP) is 2.77. The van der Waals surface area contributed by atoms with Gasteiger partial charge in [0.1, 0.15) is 6.54 Å². The van der Waals surface area contributed by atoms with E-state index in [1.807, 2.05) is 54.6 Å². The zero-order valence-corrected chi connectivity index (χ0v) is 17.3. The summed E-state index contributed by atoms with van der Waals surface area (Å²) < 4.78 is 0. The number of likely N-dealkylation sites (tertiary alicyclic amines) is 1. The van der Waals surface area contributed by atoms with Crippen LogP contribution in [0.4, 0.5) is 4.79 Å². The van der Waals surface area contributed by atoms with Gasteiger partial charge in [-0.15, -0.1) is 0 Å². The lowest BCUT2D eigenvalue weighted by Gasteiger charge is -2.34. The lowest BCUT2D eigenvalue weighted by atomic mass is 10.0. The summed E-state index contributed by atoms with van der Waals surface area (Å²) in [5.41, 5.74) is 1.63. The number of nitrogens with zero attached hydrogens (tertiary/aromatic N) is 3. The van der Waals surface area contributed by atoms with Crippen molar-refractivity contribution in [3.63, 3.8) is 0 Å². The number of hydrogen-bond donors (Lipinski definition) is 1. The van der Waals surface area contributed by atoms with Gasteiger partial charge in [0.2, 0.25) is 0 Å². The minimum atomic E-state index is -0.295. The molecule has 31 heavy (non-hydrogen) atoms. The Morgan fingerprint density at radius 1 is 0.968 bits per heavy atom. The lowest BCUT2D eigenvalue weighted by Crippen LogP contribution is -2.49. The van der Waals surface area contributed by atoms with Gasteiger partial charge in [0.15, 0.2) is 0 Å². The van der Waals surface area contributed by atoms with Gasteiger partial charge in [-0.25, -0.2) is 9.69 Å². The summed E-state index contributed by atoms with van der Waals surface area (Å²) in [6.45, 7) is 1.78. The van der Waals surface area contributed by atoms with E-state index in [-0.39, 0.29) is 37.1 Å². The maximum absolute atomic E-state index is 12.7. The van der Waals surface area contributed by atoms with Crippen molar-refractivity contribution in [1.29, 1.82) is 0 Å². The molecule has 0 aromatic heterocycles. The van der Waals surface area contributed by atoms with E-state index in [0.717, 1.165) is 31.5 Å². The highest BCUT2D eigenvalue weighted by atomic mass is 16.2. The number of amides is 4. The van der Waals surface area contributed by atoms with E-state index in [1.165, 1.54) is 9.80 Å². The Hall–Kier alpha value is -3.45. The zero-order valence-electron chi connectivity index (χ0n) is 17.3. The monoisotopic (exact) mass is 418 g/mol.